The second-order valence-electron chi connectivity index (χ2n) is 8.84. The minimum absolute atomic E-state index is 0.116. The van der Waals surface area contributed by atoms with E-state index in [4.69, 9.17) is 37.1 Å². The van der Waals surface area contributed by atoms with Crippen molar-refractivity contribution in [1.82, 2.24) is 0 Å². The van der Waals surface area contributed by atoms with Crippen molar-refractivity contribution in [2.75, 3.05) is 13.2 Å². The minimum atomic E-state index is -1.94. The third kappa shape index (κ3) is 5.42. The predicted octanol–water partition coefficient (Wildman–Crippen LogP) is 7.67. The fourth-order valence-corrected chi connectivity index (χ4v) is 4.80. The van der Waals surface area contributed by atoms with Crippen LogP contribution in [0.2, 0.25) is 28.2 Å². The highest BCUT2D eigenvalue weighted by molar-refractivity contribution is 14.1. The number of fused-ring (bicyclic) bond motifs is 1. The van der Waals surface area contributed by atoms with Crippen LogP contribution in [-0.2, 0) is 10.8 Å². The van der Waals surface area contributed by atoms with Gasteiger partial charge in [0.1, 0.15) is 17.6 Å². The van der Waals surface area contributed by atoms with E-state index < -0.39 is 8.32 Å². The van der Waals surface area contributed by atoms with E-state index in [0.717, 1.165) is 33.7 Å². The van der Waals surface area contributed by atoms with Gasteiger partial charge in [-0.15, -0.1) is 0 Å². The highest BCUT2D eigenvalue weighted by atomic mass is 127. The van der Waals surface area contributed by atoms with Gasteiger partial charge in [0.05, 0.1) is 26.8 Å². The zero-order valence-electron chi connectivity index (χ0n) is 17.4. The molecule has 0 unspecified atom stereocenters. The number of hydrogen-bond donors (Lipinski definition) is 0. The van der Waals surface area contributed by atoms with Crippen molar-refractivity contribution in [3.8, 4) is 11.5 Å². The van der Waals surface area contributed by atoms with Crippen LogP contribution in [0, 0.1) is 3.57 Å². The summed E-state index contributed by atoms with van der Waals surface area (Å²) in [6.07, 6.45) is 0.642. The molecule has 0 saturated heterocycles. The molecule has 7 heteroatoms. The summed E-state index contributed by atoms with van der Waals surface area (Å²) in [6.45, 7) is 12.3. The molecule has 158 valence electrons. The molecular weight excluding hydrogens is 538 g/mol. The SMILES string of the molecule is CC(C)(C)[Si](C)(C)OC[C@@H](Oc1cc2c(cc1I)CCO2)c1ccc(Cl)c(Cl)c1. The van der Waals surface area contributed by atoms with Crippen molar-refractivity contribution < 1.29 is 13.9 Å². The van der Waals surface area contributed by atoms with Crippen molar-refractivity contribution in [2.45, 2.75) is 51.4 Å². The third-order valence-electron chi connectivity index (χ3n) is 5.73. The average Bonchev–Trinajstić information content (AvgIpc) is 3.07. The van der Waals surface area contributed by atoms with Gasteiger partial charge in [0, 0.05) is 12.5 Å². The molecule has 0 radical (unpaired) electrons. The van der Waals surface area contributed by atoms with Gasteiger partial charge in [-0.3, -0.25) is 0 Å². The molecule has 29 heavy (non-hydrogen) atoms. The first kappa shape index (κ1) is 23.2. The lowest BCUT2D eigenvalue weighted by atomic mass is 10.1. The Bertz CT molecular complexity index is 896. The summed E-state index contributed by atoms with van der Waals surface area (Å²) in [5.74, 6) is 1.69. The Morgan fingerprint density at radius 3 is 2.52 bits per heavy atom. The van der Waals surface area contributed by atoms with Crippen LogP contribution in [0.3, 0.4) is 0 Å². The highest BCUT2D eigenvalue weighted by Gasteiger charge is 2.38. The fraction of sp³-hybridized carbons (Fsp3) is 0.455. The van der Waals surface area contributed by atoms with E-state index in [1.165, 1.54) is 5.56 Å². The van der Waals surface area contributed by atoms with Gasteiger partial charge in [-0.1, -0.05) is 50.0 Å². The fourth-order valence-electron chi connectivity index (χ4n) is 2.83. The zero-order valence-corrected chi connectivity index (χ0v) is 22.1. The maximum absolute atomic E-state index is 6.49. The Morgan fingerprint density at radius 2 is 1.86 bits per heavy atom. The van der Waals surface area contributed by atoms with E-state index in [1.54, 1.807) is 6.07 Å². The van der Waals surface area contributed by atoms with Gasteiger partial charge >= 0.3 is 0 Å². The molecule has 1 heterocycles. The summed E-state index contributed by atoms with van der Waals surface area (Å²) in [7, 11) is -1.94. The second-order valence-corrected chi connectivity index (χ2v) is 15.6. The van der Waals surface area contributed by atoms with Crippen LogP contribution in [0.5, 0.6) is 11.5 Å². The van der Waals surface area contributed by atoms with Crippen LogP contribution in [0.15, 0.2) is 30.3 Å². The van der Waals surface area contributed by atoms with Gasteiger partial charge in [-0.05, 0) is 70.0 Å². The number of hydrogen-bond acceptors (Lipinski definition) is 3. The van der Waals surface area contributed by atoms with Crippen LogP contribution in [0.4, 0.5) is 0 Å². The van der Waals surface area contributed by atoms with Gasteiger partial charge in [0.2, 0.25) is 0 Å². The summed E-state index contributed by atoms with van der Waals surface area (Å²) in [4.78, 5) is 0. The molecule has 0 spiro atoms. The van der Waals surface area contributed by atoms with Crippen LogP contribution >= 0.6 is 45.8 Å². The zero-order chi connectivity index (χ0) is 21.4. The first-order valence-corrected chi connectivity index (χ1v) is 14.4. The maximum Gasteiger partial charge on any atom is 0.192 e. The lowest BCUT2D eigenvalue weighted by Gasteiger charge is -2.37. The normalized spacial score (nSPS) is 15.0. The molecule has 3 nitrogen and oxygen atoms in total. The monoisotopic (exact) mass is 564 g/mol. The molecule has 2 aromatic carbocycles. The van der Waals surface area contributed by atoms with E-state index in [2.05, 4.69) is 62.5 Å². The average molecular weight is 565 g/mol. The number of benzene rings is 2. The van der Waals surface area contributed by atoms with Gasteiger partial charge in [0.15, 0.2) is 8.32 Å². The molecule has 2 aromatic rings. The van der Waals surface area contributed by atoms with Crippen molar-refractivity contribution >= 4 is 54.1 Å². The van der Waals surface area contributed by atoms with Gasteiger partial charge < -0.3 is 13.9 Å². The van der Waals surface area contributed by atoms with Gasteiger partial charge in [-0.2, -0.15) is 0 Å². The lowest BCUT2D eigenvalue weighted by Crippen LogP contribution is -2.42. The van der Waals surface area contributed by atoms with E-state index in [1.807, 2.05) is 18.2 Å². The Hall–Kier alpha value is -0.473. The summed E-state index contributed by atoms with van der Waals surface area (Å²) >= 11 is 14.7. The molecule has 0 N–H and O–H groups in total. The lowest BCUT2D eigenvalue weighted by molar-refractivity contribution is 0.120. The highest BCUT2D eigenvalue weighted by Crippen LogP contribution is 2.39. The Labute approximate surface area is 198 Å². The molecule has 1 atom stereocenters. The molecule has 1 aliphatic rings. The standard InChI is InChI=1S/C22H27Cl2IO3Si/c1-22(2,3)29(4,5)27-13-21(14-6-7-16(23)17(24)10-14)28-20-12-19-15(8-9-26-19)11-18(20)25/h6-7,10-12,21H,8-9,13H2,1-5H3/t21-/m1/s1. The molecule has 0 amide bonds. The molecule has 3 rings (SSSR count). The summed E-state index contributed by atoms with van der Waals surface area (Å²) < 4.78 is 19.7. The van der Waals surface area contributed by atoms with Crippen molar-refractivity contribution in [1.29, 1.82) is 0 Å². The summed E-state index contributed by atoms with van der Waals surface area (Å²) in [6, 6.07) is 9.74. The minimum Gasteiger partial charge on any atom is -0.493 e. The summed E-state index contributed by atoms with van der Waals surface area (Å²) in [5.41, 5.74) is 2.17. The van der Waals surface area contributed by atoms with Crippen molar-refractivity contribution in [2.24, 2.45) is 0 Å². The first-order valence-electron chi connectivity index (χ1n) is 9.69. The van der Waals surface area contributed by atoms with E-state index in [0.29, 0.717) is 16.7 Å². The molecule has 0 fully saturated rings. The van der Waals surface area contributed by atoms with Crippen LogP contribution in [0.1, 0.15) is 38.0 Å². The molecule has 0 saturated carbocycles. The van der Waals surface area contributed by atoms with Gasteiger partial charge in [0.25, 0.3) is 0 Å². The Kier molecular flexibility index (Phi) is 7.16. The Balaban J connectivity index is 1.90. The molecule has 0 aromatic heterocycles. The topological polar surface area (TPSA) is 27.7 Å². The maximum atomic E-state index is 6.49. The molecular formula is C22H27Cl2IO3Si. The number of ether oxygens (including phenoxy) is 2. The van der Waals surface area contributed by atoms with E-state index in [9.17, 15) is 0 Å². The molecule has 0 bridgehead atoms. The number of rotatable bonds is 6. The van der Waals surface area contributed by atoms with Gasteiger partial charge in [-0.25, -0.2) is 0 Å². The van der Waals surface area contributed by atoms with E-state index in [-0.39, 0.29) is 11.1 Å². The van der Waals surface area contributed by atoms with E-state index >= 15 is 0 Å². The quantitative estimate of drug-likeness (QED) is 0.266. The predicted molar refractivity (Wildman–Crippen MR) is 131 cm³/mol. The van der Waals surface area contributed by atoms with Crippen LogP contribution in [0.25, 0.3) is 0 Å². The molecule has 1 aliphatic heterocycles. The van der Waals surface area contributed by atoms with Crippen molar-refractivity contribution in [3.05, 3.63) is 55.1 Å². The number of halogens is 3. The summed E-state index contributed by atoms with van der Waals surface area (Å²) in [5, 5.41) is 1.16. The van der Waals surface area contributed by atoms with Crippen molar-refractivity contribution in [3.63, 3.8) is 0 Å². The van der Waals surface area contributed by atoms with Crippen LogP contribution in [-0.4, -0.2) is 21.5 Å². The van der Waals surface area contributed by atoms with Crippen LogP contribution < -0.4 is 9.47 Å². The smallest absolute Gasteiger partial charge is 0.192 e. The third-order valence-corrected chi connectivity index (χ3v) is 11.8. The second kappa shape index (κ2) is 8.95. The Morgan fingerprint density at radius 1 is 1.14 bits per heavy atom. The molecule has 0 aliphatic carbocycles. The largest absolute Gasteiger partial charge is 0.493 e. The first-order chi connectivity index (χ1) is 13.5.